The standard InChI is InChI=1S/C16H17N3S2/c1-9(2)11-4-6-12(7-5-11)21-15-13-8-10(3)20-14(13)18-16(17)19-15/h4-9H,1-3H3,(H2,17,18,19). The van der Waals surface area contributed by atoms with E-state index in [0.717, 1.165) is 15.2 Å². The number of aromatic nitrogens is 2. The van der Waals surface area contributed by atoms with Crippen molar-refractivity contribution in [1.29, 1.82) is 0 Å². The highest BCUT2D eigenvalue weighted by molar-refractivity contribution is 7.99. The van der Waals surface area contributed by atoms with Crippen molar-refractivity contribution in [2.24, 2.45) is 0 Å². The average Bonchev–Trinajstić information content (AvgIpc) is 2.79. The molecule has 2 aromatic heterocycles. The largest absolute Gasteiger partial charge is 0.368 e. The highest BCUT2D eigenvalue weighted by Gasteiger charge is 2.11. The van der Waals surface area contributed by atoms with Gasteiger partial charge in [0, 0.05) is 15.2 Å². The Hall–Kier alpha value is -1.59. The van der Waals surface area contributed by atoms with Gasteiger partial charge >= 0.3 is 0 Å². The number of benzene rings is 1. The Labute approximate surface area is 132 Å². The van der Waals surface area contributed by atoms with Gasteiger partial charge in [-0.25, -0.2) is 9.97 Å². The van der Waals surface area contributed by atoms with Crippen molar-refractivity contribution in [3.05, 3.63) is 40.8 Å². The van der Waals surface area contributed by atoms with Gasteiger partial charge in [0.15, 0.2) is 0 Å². The Morgan fingerprint density at radius 1 is 1.14 bits per heavy atom. The molecule has 0 amide bonds. The van der Waals surface area contributed by atoms with Crippen molar-refractivity contribution >= 4 is 39.3 Å². The maximum Gasteiger partial charge on any atom is 0.222 e. The Kier molecular flexibility index (Phi) is 3.87. The second kappa shape index (κ2) is 5.66. The number of thiophene rings is 1. The van der Waals surface area contributed by atoms with Gasteiger partial charge in [0.25, 0.3) is 0 Å². The Bertz CT molecular complexity index is 776. The van der Waals surface area contributed by atoms with Gasteiger partial charge in [0.2, 0.25) is 5.95 Å². The molecule has 0 aliphatic heterocycles. The lowest BCUT2D eigenvalue weighted by molar-refractivity contribution is 0.865. The van der Waals surface area contributed by atoms with Crippen molar-refractivity contribution in [3.63, 3.8) is 0 Å². The maximum atomic E-state index is 5.82. The summed E-state index contributed by atoms with van der Waals surface area (Å²) < 4.78 is 0. The Balaban J connectivity index is 1.97. The van der Waals surface area contributed by atoms with E-state index in [2.05, 4.69) is 61.1 Å². The van der Waals surface area contributed by atoms with Crippen molar-refractivity contribution in [3.8, 4) is 0 Å². The summed E-state index contributed by atoms with van der Waals surface area (Å²) in [5.74, 6) is 0.885. The minimum absolute atomic E-state index is 0.339. The number of aryl methyl sites for hydroxylation is 1. The molecule has 0 fully saturated rings. The first kappa shape index (κ1) is 14.4. The zero-order valence-electron chi connectivity index (χ0n) is 12.3. The first-order valence-corrected chi connectivity index (χ1v) is 8.47. The second-order valence-corrected chi connectivity index (χ2v) is 7.59. The zero-order valence-corrected chi connectivity index (χ0v) is 13.9. The summed E-state index contributed by atoms with van der Waals surface area (Å²) in [5.41, 5.74) is 7.17. The number of nitrogen functional groups attached to an aromatic ring is 1. The number of hydrogen-bond donors (Lipinski definition) is 1. The molecule has 0 saturated heterocycles. The van der Waals surface area contributed by atoms with E-state index in [0.29, 0.717) is 11.9 Å². The van der Waals surface area contributed by atoms with Gasteiger partial charge in [0.05, 0.1) is 0 Å². The molecular weight excluding hydrogens is 298 g/mol. The van der Waals surface area contributed by atoms with Crippen molar-refractivity contribution in [2.45, 2.75) is 36.6 Å². The van der Waals surface area contributed by atoms with Crippen LogP contribution >= 0.6 is 23.1 Å². The molecule has 3 aromatic rings. The molecule has 21 heavy (non-hydrogen) atoms. The van der Waals surface area contributed by atoms with Crippen LogP contribution < -0.4 is 5.73 Å². The first-order chi connectivity index (χ1) is 10.0. The highest BCUT2D eigenvalue weighted by Crippen LogP contribution is 2.35. The fourth-order valence-electron chi connectivity index (χ4n) is 2.14. The molecular formula is C16H17N3S2. The smallest absolute Gasteiger partial charge is 0.222 e. The number of hydrogen-bond acceptors (Lipinski definition) is 5. The first-order valence-electron chi connectivity index (χ1n) is 6.84. The van der Waals surface area contributed by atoms with Crippen LogP contribution in [-0.2, 0) is 0 Å². The summed E-state index contributed by atoms with van der Waals surface area (Å²) in [4.78, 5) is 12.1. The summed E-state index contributed by atoms with van der Waals surface area (Å²) in [6, 6.07) is 10.8. The SMILES string of the molecule is Cc1cc2c(Sc3ccc(C(C)C)cc3)nc(N)nc2s1. The third kappa shape index (κ3) is 3.04. The van der Waals surface area contributed by atoms with Crippen LogP contribution in [0.5, 0.6) is 0 Å². The quantitative estimate of drug-likeness (QED) is 0.701. The molecule has 0 spiro atoms. The Morgan fingerprint density at radius 2 is 1.86 bits per heavy atom. The van der Waals surface area contributed by atoms with E-state index in [1.54, 1.807) is 23.1 Å². The molecule has 0 saturated carbocycles. The predicted molar refractivity (Wildman–Crippen MR) is 91.2 cm³/mol. The van der Waals surface area contributed by atoms with E-state index in [1.165, 1.54) is 15.3 Å². The average molecular weight is 315 g/mol. The lowest BCUT2D eigenvalue weighted by Gasteiger charge is -2.07. The van der Waals surface area contributed by atoms with Crippen LogP contribution in [0.3, 0.4) is 0 Å². The maximum absolute atomic E-state index is 5.82. The van der Waals surface area contributed by atoms with Gasteiger partial charge in [-0.05, 0) is 36.6 Å². The van der Waals surface area contributed by atoms with E-state index in [4.69, 9.17) is 5.73 Å². The molecule has 2 heterocycles. The van der Waals surface area contributed by atoms with Crippen LogP contribution in [0.4, 0.5) is 5.95 Å². The molecule has 2 N–H and O–H groups in total. The van der Waals surface area contributed by atoms with Crippen LogP contribution in [0.1, 0.15) is 30.2 Å². The van der Waals surface area contributed by atoms with Crippen LogP contribution in [-0.4, -0.2) is 9.97 Å². The van der Waals surface area contributed by atoms with Gasteiger partial charge in [-0.15, -0.1) is 11.3 Å². The third-order valence-corrected chi connectivity index (χ3v) is 5.22. The number of nitrogens with zero attached hydrogens (tertiary/aromatic N) is 2. The van der Waals surface area contributed by atoms with Crippen molar-refractivity contribution in [2.75, 3.05) is 5.73 Å². The molecule has 3 nitrogen and oxygen atoms in total. The minimum Gasteiger partial charge on any atom is -0.368 e. The van der Waals surface area contributed by atoms with Crippen LogP contribution in [0.25, 0.3) is 10.2 Å². The predicted octanol–water partition coefficient (Wildman–Crippen LogP) is 4.86. The number of anilines is 1. The van der Waals surface area contributed by atoms with E-state index < -0.39 is 0 Å². The van der Waals surface area contributed by atoms with E-state index >= 15 is 0 Å². The fourth-order valence-corrected chi connectivity index (χ4v) is 3.99. The molecule has 0 atom stereocenters. The van der Waals surface area contributed by atoms with Crippen LogP contribution in [0.15, 0.2) is 40.3 Å². The molecule has 108 valence electrons. The van der Waals surface area contributed by atoms with E-state index in [-0.39, 0.29) is 0 Å². The Morgan fingerprint density at radius 3 is 2.52 bits per heavy atom. The van der Waals surface area contributed by atoms with Crippen molar-refractivity contribution in [1.82, 2.24) is 9.97 Å². The van der Waals surface area contributed by atoms with Gasteiger partial charge in [-0.1, -0.05) is 37.7 Å². The third-order valence-electron chi connectivity index (χ3n) is 3.26. The lowest BCUT2D eigenvalue weighted by atomic mass is 10.0. The summed E-state index contributed by atoms with van der Waals surface area (Å²) in [5, 5.41) is 2.02. The molecule has 0 aliphatic rings. The molecule has 1 aromatic carbocycles. The van der Waals surface area contributed by atoms with Crippen LogP contribution in [0.2, 0.25) is 0 Å². The summed E-state index contributed by atoms with van der Waals surface area (Å²) in [6.45, 7) is 6.48. The molecule has 5 heteroatoms. The second-order valence-electron chi connectivity index (χ2n) is 5.29. The number of fused-ring (bicyclic) bond motifs is 1. The van der Waals surface area contributed by atoms with E-state index in [9.17, 15) is 0 Å². The number of rotatable bonds is 3. The summed E-state index contributed by atoms with van der Waals surface area (Å²) in [7, 11) is 0. The van der Waals surface area contributed by atoms with Crippen molar-refractivity contribution < 1.29 is 0 Å². The lowest BCUT2D eigenvalue weighted by Crippen LogP contribution is -1.95. The molecule has 0 radical (unpaired) electrons. The van der Waals surface area contributed by atoms with Gasteiger partial charge < -0.3 is 5.73 Å². The minimum atomic E-state index is 0.339. The molecule has 0 unspecified atom stereocenters. The number of nitrogens with two attached hydrogens (primary N) is 1. The molecule has 0 bridgehead atoms. The fraction of sp³-hybridized carbons (Fsp3) is 0.250. The zero-order chi connectivity index (χ0) is 15.0. The highest BCUT2D eigenvalue weighted by atomic mass is 32.2. The van der Waals surface area contributed by atoms with Crippen LogP contribution in [0, 0.1) is 6.92 Å². The topological polar surface area (TPSA) is 51.8 Å². The normalized spacial score (nSPS) is 11.4. The van der Waals surface area contributed by atoms with Gasteiger partial charge in [0.1, 0.15) is 9.86 Å². The molecule has 3 rings (SSSR count). The molecule has 0 aliphatic carbocycles. The monoisotopic (exact) mass is 315 g/mol. The van der Waals surface area contributed by atoms with E-state index in [1.807, 2.05) is 0 Å². The van der Waals surface area contributed by atoms with Gasteiger partial charge in [-0.3, -0.25) is 0 Å². The summed E-state index contributed by atoms with van der Waals surface area (Å²) in [6.07, 6.45) is 0. The summed E-state index contributed by atoms with van der Waals surface area (Å²) >= 11 is 3.29. The van der Waals surface area contributed by atoms with Gasteiger partial charge in [-0.2, -0.15) is 0 Å².